The number of carbonyl (C=O) groups excluding carboxylic acids is 2. The molecule has 0 aliphatic carbocycles. The van der Waals surface area contributed by atoms with E-state index in [1.165, 1.54) is 18.4 Å². The second kappa shape index (κ2) is 6.92. The first-order valence-corrected chi connectivity index (χ1v) is 9.10. The summed E-state index contributed by atoms with van der Waals surface area (Å²) in [6.07, 6.45) is 0.259. The Labute approximate surface area is 158 Å². The van der Waals surface area contributed by atoms with Crippen LogP contribution in [0.1, 0.15) is 21.1 Å². The number of thiazole rings is 1. The Morgan fingerprint density at radius 1 is 1.33 bits per heavy atom. The molecule has 0 saturated heterocycles. The Kier molecular flexibility index (Phi) is 4.44. The van der Waals surface area contributed by atoms with E-state index >= 15 is 0 Å². The maximum Gasteiger partial charge on any atom is 0.409 e. The number of anilines is 1. The molecule has 0 saturated carbocycles. The summed E-state index contributed by atoms with van der Waals surface area (Å²) in [5.41, 5.74) is 1.42. The Hall–Kier alpha value is -3.07. The van der Waals surface area contributed by atoms with Crippen LogP contribution in [0.25, 0.3) is 11.0 Å². The number of aromatic nitrogens is 1. The molecule has 4 rings (SSSR count). The molecule has 3 heterocycles. The molecule has 0 spiro atoms. The van der Waals surface area contributed by atoms with Crippen LogP contribution in [0.3, 0.4) is 0 Å². The molecule has 3 aromatic rings. The number of nitrogens with zero attached hydrogens (tertiary/aromatic N) is 2. The summed E-state index contributed by atoms with van der Waals surface area (Å²) in [5.74, 6) is 0.363. The van der Waals surface area contributed by atoms with Crippen molar-refractivity contribution in [3.8, 4) is 5.75 Å². The lowest BCUT2D eigenvalue weighted by molar-refractivity contribution is 0.0998. The van der Waals surface area contributed by atoms with E-state index < -0.39 is 0 Å². The Balaban J connectivity index is 1.53. The van der Waals surface area contributed by atoms with Crippen LogP contribution in [0.5, 0.6) is 5.75 Å². The topological polar surface area (TPSA) is 93.9 Å². The predicted octanol–water partition coefficient (Wildman–Crippen LogP) is 3.27. The molecule has 1 N–H and O–H groups in total. The first-order chi connectivity index (χ1) is 13.1. The molecular weight excluding hydrogens is 370 g/mol. The van der Waals surface area contributed by atoms with Crippen molar-refractivity contribution in [1.29, 1.82) is 0 Å². The zero-order valence-corrected chi connectivity index (χ0v) is 15.6. The minimum Gasteiger partial charge on any atom is -0.493 e. The number of rotatable bonds is 3. The Morgan fingerprint density at radius 2 is 2.19 bits per heavy atom. The molecule has 0 atom stereocenters. The lowest BCUT2D eigenvalue weighted by Gasteiger charge is -2.24. The number of furan rings is 1. The Bertz CT molecular complexity index is 1030. The summed E-state index contributed by atoms with van der Waals surface area (Å²) in [5, 5.41) is 4.03. The third-order valence-electron chi connectivity index (χ3n) is 4.34. The van der Waals surface area contributed by atoms with Gasteiger partial charge in [-0.05, 0) is 12.1 Å². The highest BCUT2D eigenvalue weighted by atomic mass is 32.1. The van der Waals surface area contributed by atoms with Crippen LogP contribution in [0.2, 0.25) is 0 Å². The van der Waals surface area contributed by atoms with Gasteiger partial charge in [-0.25, -0.2) is 9.78 Å². The standard InChI is InChI=1S/C18H17N3O5S/c1-24-12-5-3-4-10-8-13(26-15(10)12)16(22)20-17-19-11-6-7-21(18(23)25-2)9-14(11)27-17/h3-5,8H,6-7,9H2,1-2H3,(H,19,20,22). The second-order valence-electron chi connectivity index (χ2n) is 5.97. The lowest BCUT2D eigenvalue weighted by atomic mass is 10.2. The van der Waals surface area contributed by atoms with Gasteiger partial charge in [-0.3, -0.25) is 10.1 Å². The largest absolute Gasteiger partial charge is 0.493 e. The molecule has 0 fully saturated rings. The van der Waals surface area contributed by atoms with Gasteiger partial charge in [0, 0.05) is 23.2 Å². The number of hydrogen-bond donors (Lipinski definition) is 1. The third-order valence-corrected chi connectivity index (χ3v) is 5.33. The summed E-state index contributed by atoms with van der Waals surface area (Å²) >= 11 is 1.35. The van der Waals surface area contributed by atoms with Crippen LogP contribution in [0.15, 0.2) is 28.7 Å². The number of benzene rings is 1. The Morgan fingerprint density at radius 3 is 2.96 bits per heavy atom. The zero-order chi connectivity index (χ0) is 19.0. The fourth-order valence-corrected chi connectivity index (χ4v) is 4.02. The maximum absolute atomic E-state index is 12.6. The number of carbonyl (C=O) groups is 2. The predicted molar refractivity (Wildman–Crippen MR) is 99.4 cm³/mol. The van der Waals surface area contributed by atoms with Crippen LogP contribution in [0.4, 0.5) is 9.93 Å². The fraction of sp³-hybridized carbons (Fsp3) is 0.278. The third kappa shape index (κ3) is 3.21. The zero-order valence-electron chi connectivity index (χ0n) is 14.8. The van der Waals surface area contributed by atoms with E-state index in [1.54, 1.807) is 24.1 Å². The molecule has 0 unspecified atom stereocenters. The van der Waals surface area contributed by atoms with E-state index in [9.17, 15) is 9.59 Å². The van der Waals surface area contributed by atoms with E-state index in [-0.39, 0.29) is 17.8 Å². The van der Waals surface area contributed by atoms with Crippen LogP contribution in [-0.2, 0) is 17.7 Å². The van der Waals surface area contributed by atoms with Crippen LogP contribution in [0, 0.1) is 0 Å². The van der Waals surface area contributed by atoms with Gasteiger partial charge in [-0.15, -0.1) is 0 Å². The van der Waals surface area contributed by atoms with Gasteiger partial charge in [0.2, 0.25) is 0 Å². The monoisotopic (exact) mass is 387 g/mol. The molecular formula is C18H17N3O5S. The summed E-state index contributed by atoms with van der Waals surface area (Å²) in [6.45, 7) is 0.970. The van der Waals surface area contributed by atoms with Gasteiger partial charge in [-0.2, -0.15) is 0 Å². The van der Waals surface area contributed by atoms with E-state index in [1.807, 2.05) is 12.1 Å². The highest BCUT2D eigenvalue weighted by Crippen LogP contribution is 2.31. The van der Waals surface area contributed by atoms with Crippen molar-refractivity contribution < 1.29 is 23.5 Å². The highest BCUT2D eigenvalue weighted by Gasteiger charge is 2.25. The number of nitrogens with one attached hydrogen (secondary N) is 1. The molecule has 1 aromatic carbocycles. The minimum absolute atomic E-state index is 0.179. The molecule has 27 heavy (non-hydrogen) atoms. The summed E-state index contributed by atoms with van der Waals surface area (Å²) in [4.78, 5) is 31.2. The molecule has 2 aromatic heterocycles. The van der Waals surface area contributed by atoms with Crippen molar-refractivity contribution in [2.45, 2.75) is 13.0 Å². The molecule has 9 heteroatoms. The van der Waals surface area contributed by atoms with E-state index in [0.717, 1.165) is 16.0 Å². The molecule has 0 radical (unpaired) electrons. The quantitative estimate of drug-likeness (QED) is 0.741. The molecule has 0 bridgehead atoms. The highest BCUT2D eigenvalue weighted by molar-refractivity contribution is 7.15. The van der Waals surface area contributed by atoms with Crippen LogP contribution in [-0.4, -0.2) is 42.6 Å². The second-order valence-corrected chi connectivity index (χ2v) is 7.06. The van der Waals surface area contributed by atoms with Crippen molar-refractivity contribution in [2.24, 2.45) is 0 Å². The number of para-hydroxylation sites is 1. The summed E-state index contributed by atoms with van der Waals surface area (Å²) in [6, 6.07) is 7.12. The molecule has 1 aliphatic rings. The van der Waals surface area contributed by atoms with Crippen LogP contribution >= 0.6 is 11.3 Å². The van der Waals surface area contributed by atoms with Crippen molar-refractivity contribution in [3.05, 3.63) is 40.6 Å². The minimum atomic E-state index is -0.385. The van der Waals surface area contributed by atoms with Gasteiger partial charge in [0.05, 0.1) is 26.5 Å². The van der Waals surface area contributed by atoms with E-state index in [2.05, 4.69) is 10.3 Å². The average Bonchev–Trinajstić information content (AvgIpc) is 3.29. The summed E-state index contributed by atoms with van der Waals surface area (Å²) in [7, 11) is 2.91. The lowest BCUT2D eigenvalue weighted by Crippen LogP contribution is -2.35. The fourth-order valence-electron chi connectivity index (χ4n) is 3.00. The van der Waals surface area contributed by atoms with Crippen molar-refractivity contribution in [3.63, 3.8) is 0 Å². The van der Waals surface area contributed by atoms with Gasteiger partial charge in [0.25, 0.3) is 5.91 Å². The normalized spacial score (nSPS) is 13.3. The smallest absolute Gasteiger partial charge is 0.409 e. The van der Waals surface area contributed by atoms with E-state index in [4.69, 9.17) is 13.9 Å². The molecule has 8 nitrogen and oxygen atoms in total. The van der Waals surface area contributed by atoms with Crippen molar-refractivity contribution in [2.75, 3.05) is 26.1 Å². The van der Waals surface area contributed by atoms with Gasteiger partial charge < -0.3 is 18.8 Å². The van der Waals surface area contributed by atoms with E-state index in [0.29, 0.717) is 36.0 Å². The van der Waals surface area contributed by atoms with Crippen molar-refractivity contribution >= 4 is 39.4 Å². The number of ether oxygens (including phenoxy) is 2. The molecule has 1 aliphatic heterocycles. The summed E-state index contributed by atoms with van der Waals surface area (Å²) < 4.78 is 15.7. The van der Waals surface area contributed by atoms with Crippen molar-refractivity contribution in [1.82, 2.24) is 9.88 Å². The average molecular weight is 387 g/mol. The maximum atomic E-state index is 12.6. The first-order valence-electron chi connectivity index (χ1n) is 8.28. The number of amides is 2. The number of hydrogen-bond acceptors (Lipinski definition) is 7. The molecule has 140 valence electrons. The van der Waals surface area contributed by atoms with Gasteiger partial charge in [0.15, 0.2) is 22.2 Å². The molecule has 2 amide bonds. The van der Waals surface area contributed by atoms with Crippen LogP contribution < -0.4 is 10.1 Å². The van der Waals surface area contributed by atoms with Gasteiger partial charge in [-0.1, -0.05) is 23.5 Å². The van der Waals surface area contributed by atoms with Gasteiger partial charge >= 0.3 is 6.09 Å². The first kappa shape index (κ1) is 17.3. The number of fused-ring (bicyclic) bond motifs is 2. The number of methoxy groups -OCH3 is 2. The SMILES string of the molecule is COC(=O)N1CCc2nc(NC(=O)c3cc4cccc(OC)c4o3)sc2C1. The van der Waals surface area contributed by atoms with Gasteiger partial charge in [0.1, 0.15) is 0 Å².